The van der Waals surface area contributed by atoms with E-state index in [1.54, 1.807) is 0 Å². The normalized spacial score (nSPS) is 24.9. The molecule has 1 saturated heterocycles. The van der Waals surface area contributed by atoms with Crippen molar-refractivity contribution in [1.82, 2.24) is 0 Å². The lowest BCUT2D eigenvalue weighted by Crippen LogP contribution is -2.68. The maximum absolute atomic E-state index is 13.3. The monoisotopic (exact) mass is 512 g/mol. The van der Waals surface area contributed by atoms with Crippen molar-refractivity contribution < 1.29 is 33.6 Å². The van der Waals surface area contributed by atoms with Crippen LogP contribution >= 0.6 is 0 Å². The minimum absolute atomic E-state index is 0.0402. The van der Waals surface area contributed by atoms with Crippen LogP contribution in [-0.4, -0.2) is 60.9 Å². The number of aliphatic hydroxyl groups is 3. The summed E-state index contributed by atoms with van der Waals surface area (Å²) in [5.74, 6) is -0.171. The van der Waals surface area contributed by atoms with E-state index >= 15 is 0 Å². The first-order valence-electron chi connectivity index (χ1n) is 12.0. The first-order chi connectivity index (χ1) is 17.1. The zero-order chi connectivity index (χ0) is 25.9. The molecule has 1 heterocycles. The van der Waals surface area contributed by atoms with Gasteiger partial charge in [0, 0.05) is 0 Å². The summed E-state index contributed by atoms with van der Waals surface area (Å²) in [7, 11) is -2.92. The lowest BCUT2D eigenvalue weighted by molar-refractivity contribution is -0.276. The Hall–Kier alpha value is -2.59. The van der Waals surface area contributed by atoms with E-state index in [-0.39, 0.29) is 17.4 Å². The number of hydrogen-bond acceptors (Lipinski definition) is 6. The molecule has 3 aromatic carbocycles. The number of hydrogen-bond donors (Lipinski definition) is 3. The molecule has 192 valence electrons. The Kier molecular flexibility index (Phi) is 7.94. The van der Waals surface area contributed by atoms with Gasteiger partial charge in [-0.05, 0) is 39.7 Å². The second-order valence-electron chi connectivity index (χ2n) is 10.1. The van der Waals surface area contributed by atoms with Crippen molar-refractivity contribution in [3.8, 4) is 5.75 Å². The Labute approximate surface area is 212 Å². The highest BCUT2D eigenvalue weighted by Gasteiger charge is 2.52. The largest absolute Gasteiger partial charge is 0.462 e. The predicted molar refractivity (Wildman–Crippen MR) is 137 cm³/mol. The highest BCUT2D eigenvalue weighted by molar-refractivity contribution is 6.99. The molecule has 5 unspecified atom stereocenters. The van der Waals surface area contributed by atoms with Gasteiger partial charge in [0.2, 0.25) is 6.29 Å². The van der Waals surface area contributed by atoms with Crippen LogP contribution in [0, 0.1) is 5.82 Å². The van der Waals surface area contributed by atoms with E-state index in [9.17, 15) is 19.7 Å². The highest BCUT2D eigenvalue weighted by atomic mass is 28.4. The Balaban J connectivity index is 1.64. The number of benzene rings is 3. The van der Waals surface area contributed by atoms with Crippen molar-refractivity contribution in [1.29, 1.82) is 0 Å². The molecule has 3 N–H and O–H groups in total. The van der Waals surface area contributed by atoms with Gasteiger partial charge < -0.3 is 29.2 Å². The van der Waals surface area contributed by atoms with E-state index < -0.39 is 44.8 Å². The maximum atomic E-state index is 13.3. The van der Waals surface area contributed by atoms with Crippen molar-refractivity contribution in [3.05, 3.63) is 90.7 Å². The van der Waals surface area contributed by atoms with Crippen molar-refractivity contribution >= 4 is 18.7 Å². The van der Waals surface area contributed by atoms with E-state index in [2.05, 4.69) is 45.0 Å². The second-order valence-corrected chi connectivity index (χ2v) is 14.4. The zero-order valence-electron chi connectivity index (χ0n) is 20.6. The molecule has 6 nitrogen and oxygen atoms in total. The molecule has 0 amide bonds. The van der Waals surface area contributed by atoms with Gasteiger partial charge in [0.15, 0.2) is 0 Å². The molecule has 0 saturated carbocycles. The van der Waals surface area contributed by atoms with Crippen LogP contribution in [0.2, 0.25) is 5.04 Å². The summed E-state index contributed by atoms with van der Waals surface area (Å²) in [5, 5.41) is 33.7. The van der Waals surface area contributed by atoms with Crippen LogP contribution in [0.3, 0.4) is 0 Å². The topological polar surface area (TPSA) is 88.4 Å². The highest BCUT2D eigenvalue weighted by Crippen LogP contribution is 2.37. The third-order valence-corrected chi connectivity index (χ3v) is 11.6. The molecule has 0 aromatic heterocycles. The summed E-state index contributed by atoms with van der Waals surface area (Å²) in [4.78, 5) is 0. The van der Waals surface area contributed by atoms with Gasteiger partial charge in [0.25, 0.3) is 8.32 Å². The minimum atomic E-state index is -2.92. The van der Waals surface area contributed by atoms with E-state index in [0.29, 0.717) is 0 Å². The molecule has 5 atom stereocenters. The van der Waals surface area contributed by atoms with Crippen LogP contribution in [0.1, 0.15) is 20.8 Å². The smallest absolute Gasteiger partial charge is 0.261 e. The first kappa shape index (κ1) is 26.5. The molecule has 1 fully saturated rings. The first-order valence-corrected chi connectivity index (χ1v) is 13.9. The standard InChI is InChI=1S/C28H33FO6Si/c1-28(2,3)36(21-10-6-4-7-11-21,22-12-8-5-9-13-22)33-18-23-24(30)25(31)26(32)27(35-23)34-20-16-14-19(29)15-17-20/h4-17,23-27,30-32H,18H2,1-3H3. The fraction of sp³-hybridized carbons (Fsp3) is 0.357. The van der Waals surface area contributed by atoms with Gasteiger partial charge in [-0.3, -0.25) is 0 Å². The quantitative estimate of drug-likeness (QED) is 0.422. The van der Waals surface area contributed by atoms with Crippen LogP contribution in [0.5, 0.6) is 5.75 Å². The third kappa shape index (κ3) is 5.24. The lowest BCUT2D eigenvalue weighted by Gasteiger charge is -2.45. The van der Waals surface area contributed by atoms with Gasteiger partial charge in [-0.1, -0.05) is 81.4 Å². The number of rotatable bonds is 7. The molecule has 36 heavy (non-hydrogen) atoms. The number of aliphatic hydroxyl groups excluding tert-OH is 3. The summed E-state index contributed by atoms with van der Waals surface area (Å²) in [6, 6.07) is 25.3. The van der Waals surface area contributed by atoms with Crippen LogP contribution in [-0.2, 0) is 9.16 Å². The molecule has 0 bridgehead atoms. The summed E-state index contributed by atoms with van der Waals surface area (Å²) >= 11 is 0. The Morgan fingerprint density at radius 1 is 0.778 bits per heavy atom. The molecular formula is C28H33FO6Si. The molecule has 0 radical (unpaired) electrons. The summed E-state index contributed by atoms with van der Waals surface area (Å²) < 4.78 is 31.7. The second kappa shape index (κ2) is 10.8. The van der Waals surface area contributed by atoms with Crippen molar-refractivity contribution in [2.24, 2.45) is 0 Å². The van der Waals surface area contributed by atoms with Crippen LogP contribution in [0.25, 0.3) is 0 Å². The van der Waals surface area contributed by atoms with Gasteiger partial charge in [-0.15, -0.1) is 0 Å². The van der Waals surface area contributed by atoms with Crippen LogP contribution in [0.4, 0.5) is 4.39 Å². The predicted octanol–water partition coefficient (Wildman–Crippen LogP) is 2.59. The molecular weight excluding hydrogens is 479 g/mol. The van der Waals surface area contributed by atoms with Crippen LogP contribution in [0.15, 0.2) is 84.9 Å². The van der Waals surface area contributed by atoms with E-state index in [1.165, 1.54) is 24.3 Å². The van der Waals surface area contributed by atoms with Gasteiger partial charge in [-0.2, -0.15) is 0 Å². The SMILES string of the molecule is CC(C)(C)[Si](OCC1OC(Oc2ccc(F)cc2)C(O)C(O)C1O)(c1ccccc1)c1ccccc1. The van der Waals surface area contributed by atoms with Crippen LogP contribution < -0.4 is 15.1 Å². The molecule has 1 aliphatic rings. The zero-order valence-corrected chi connectivity index (χ0v) is 21.6. The Bertz CT molecular complexity index is 1070. The van der Waals surface area contributed by atoms with Crippen molar-refractivity contribution in [2.45, 2.75) is 56.5 Å². The molecule has 1 aliphatic heterocycles. The molecule has 0 spiro atoms. The van der Waals surface area contributed by atoms with Crippen molar-refractivity contribution in [3.63, 3.8) is 0 Å². The molecule has 8 heteroatoms. The average molecular weight is 513 g/mol. The minimum Gasteiger partial charge on any atom is -0.462 e. The average Bonchev–Trinajstić information content (AvgIpc) is 2.87. The number of ether oxygens (including phenoxy) is 2. The lowest BCUT2D eigenvalue weighted by atomic mass is 9.99. The summed E-state index contributed by atoms with van der Waals surface area (Å²) in [5.41, 5.74) is 0. The van der Waals surface area contributed by atoms with E-state index in [1.807, 2.05) is 36.4 Å². The van der Waals surface area contributed by atoms with Gasteiger partial charge in [-0.25, -0.2) is 4.39 Å². The summed E-state index contributed by atoms with van der Waals surface area (Å²) in [6.07, 6.45) is -6.67. The fourth-order valence-corrected chi connectivity index (χ4v) is 9.34. The van der Waals surface area contributed by atoms with E-state index in [4.69, 9.17) is 13.9 Å². The maximum Gasteiger partial charge on any atom is 0.261 e. The Morgan fingerprint density at radius 3 is 1.81 bits per heavy atom. The number of halogens is 1. The van der Waals surface area contributed by atoms with Gasteiger partial charge in [0.1, 0.15) is 36.0 Å². The van der Waals surface area contributed by atoms with Gasteiger partial charge >= 0.3 is 0 Å². The fourth-order valence-electron chi connectivity index (χ4n) is 4.77. The van der Waals surface area contributed by atoms with E-state index in [0.717, 1.165) is 10.4 Å². The molecule has 0 aliphatic carbocycles. The summed E-state index contributed by atoms with van der Waals surface area (Å²) in [6.45, 7) is 6.37. The van der Waals surface area contributed by atoms with Gasteiger partial charge in [0.05, 0.1) is 6.61 Å². The molecule has 4 rings (SSSR count). The third-order valence-electron chi connectivity index (χ3n) is 6.62. The molecule has 3 aromatic rings. The van der Waals surface area contributed by atoms with Crippen molar-refractivity contribution in [2.75, 3.05) is 6.61 Å². The Morgan fingerprint density at radius 2 is 1.31 bits per heavy atom.